The van der Waals surface area contributed by atoms with Gasteiger partial charge in [-0.1, -0.05) is 30.3 Å². The van der Waals surface area contributed by atoms with Crippen LogP contribution in [0.15, 0.2) is 54.6 Å². The Labute approximate surface area is 165 Å². The zero-order valence-corrected chi connectivity index (χ0v) is 15.7. The van der Waals surface area contributed by atoms with Crippen LogP contribution in [0.4, 0.5) is 13.2 Å². The molecule has 0 unspecified atom stereocenters. The van der Waals surface area contributed by atoms with E-state index in [1.54, 1.807) is 59.9 Å². The normalized spacial score (nSPS) is 19.1. The molecule has 0 bridgehead atoms. The first kappa shape index (κ1) is 20.4. The minimum Gasteiger partial charge on any atom is -0.497 e. The summed E-state index contributed by atoms with van der Waals surface area (Å²) in [6.07, 6.45) is -5.07. The van der Waals surface area contributed by atoms with Gasteiger partial charge in [-0.05, 0) is 29.8 Å². The Bertz CT molecular complexity index is 943. The van der Waals surface area contributed by atoms with Crippen molar-refractivity contribution in [3.8, 4) is 5.75 Å². The predicted octanol–water partition coefficient (Wildman–Crippen LogP) is 0.960. The van der Waals surface area contributed by atoms with Crippen LogP contribution in [0, 0.1) is 0 Å². The van der Waals surface area contributed by atoms with Gasteiger partial charge in [-0.15, -0.1) is 0 Å². The zero-order chi connectivity index (χ0) is 21.2. The number of hydrogen-bond acceptors (Lipinski definition) is 3. The van der Waals surface area contributed by atoms with Crippen molar-refractivity contribution in [3.63, 3.8) is 0 Å². The number of hydrogen-bond donors (Lipinski definition) is 2. The highest BCUT2D eigenvalue weighted by molar-refractivity contribution is 6.11. The molecule has 0 radical (unpaired) electrons. The molecule has 0 aromatic heterocycles. The maximum absolute atomic E-state index is 14.0. The number of amides is 2. The molecule has 2 N–H and O–H groups in total. The Morgan fingerprint density at radius 1 is 1.14 bits per heavy atom. The number of halogens is 3. The summed E-state index contributed by atoms with van der Waals surface area (Å²) >= 11 is 0. The number of carbonyl (C=O) groups excluding carboxylic acids is 2. The first-order chi connectivity index (χ1) is 13.7. The SMILES string of the molecule is COc1ccc(CN2C(=O)[C@@](NC(C)=O)(C(F)(F)F)[NH+]=C2c2ccccc2)cc1. The van der Waals surface area contributed by atoms with Crippen molar-refractivity contribution in [1.82, 2.24) is 10.2 Å². The van der Waals surface area contributed by atoms with Crippen LogP contribution >= 0.6 is 0 Å². The molecule has 1 heterocycles. The summed E-state index contributed by atoms with van der Waals surface area (Å²) in [5.74, 6) is -1.76. The first-order valence-corrected chi connectivity index (χ1v) is 8.69. The summed E-state index contributed by atoms with van der Waals surface area (Å²) in [6, 6.07) is 14.8. The summed E-state index contributed by atoms with van der Waals surface area (Å²) < 4.78 is 47.0. The number of carbonyl (C=O) groups is 2. The minimum absolute atomic E-state index is 0.0440. The number of amidine groups is 1. The van der Waals surface area contributed by atoms with E-state index in [4.69, 9.17) is 4.74 Å². The fourth-order valence-electron chi connectivity index (χ4n) is 3.10. The maximum atomic E-state index is 14.0. The second-order valence-corrected chi connectivity index (χ2v) is 6.51. The molecular formula is C20H19F3N3O3+. The lowest BCUT2D eigenvalue weighted by Crippen LogP contribution is -2.96. The van der Waals surface area contributed by atoms with E-state index in [2.05, 4.69) is 4.99 Å². The van der Waals surface area contributed by atoms with E-state index < -0.39 is 23.7 Å². The van der Waals surface area contributed by atoms with Gasteiger partial charge in [0, 0.05) is 6.92 Å². The lowest BCUT2D eigenvalue weighted by atomic mass is 10.1. The van der Waals surface area contributed by atoms with Crippen LogP contribution in [-0.2, 0) is 16.1 Å². The summed E-state index contributed by atoms with van der Waals surface area (Å²) in [4.78, 5) is 27.8. The highest BCUT2D eigenvalue weighted by Gasteiger charge is 2.72. The molecule has 6 nitrogen and oxygen atoms in total. The number of ether oxygens (including phenoxy) is 1. The highest BCUT2D eigenvalue weighted by atomic mass is 19.4. The number of methoxy groups -OCH3 is 1. The molecule has 0 aliphatic carbocycles. The van der Waals surface area contributed by atoms with Crippen LogP contribution in [0.25, 0.3) is 0 Å². The van der Waals surface area contributed by atoms with Crippen LogP contribution < -0.4 is 15.0 Å². The van der Waals surface area contributed by atoms with Gasteiger partial charge in [-0.25, -0.2) is 9.79 Å². The smallest absolute Gasteiger partial charge is 0.465 e. The molecule has 1 aliphatic rings. The lowest BCUT2D eigenvalue weighted by molar-refractivity contribution is -0.581. The van der Waals surface area contributed by atoms with Gasteiger partial charge in [-0.3, -0.25) is 10.1 Å². The van der Waals surface area contributed by atoms with Crippen LogP contribution in [0.2, 0.25) is 0 Å². The fraction of sp³-hybridized carbons (Fsp3) is 0.250. The Morgan fingerprint density at radius 2 is 1.76 bits per heavy atom. The molecule has 0 saturated carbocycles. The Kier molecular flexibility index (Phi) is 5.32. The van der Waals surface area contributed by atoms with Crippen molar-refractivity contribution in [2.24, 2.45) is 0 Å². The van der Waals surface area contributed by atoms with Crippen molar-refractivity contribution in [2.75, 3.05) is 7.11 Å². The van der Waals surface area contributed by atoms with Crippen molar-refractivity contribution in [2.45, 2.75) is 25.3 Å². The summed E-state index contributed by atoms with van der Waals surface area (Å²) in [7, 11) is 1.50. The Balaban J connectivity index is 2.09. The molecule has 152 valence electrons. The van der Waals surface area contributed by atoms with Gasteiger partial charge < -0.3 is 4.74 Å². The molecule has 0 saturated heterocycles. The first-order valence-electron chi connectivity index (χ1n) is 8.69. The Morgan fingerprint density at radius 3 is 2.28 bits per heavy atom. The predicted molar refractivity (Wildman–Crippen MR) is 97.7 cm³/mol. The standard InChI is InChI=1S/C20H18F3N3O3/c1-13(27)24-19(20(21,22)23)18(28)26(12-14-8-10-16(29-2)11-9-14)17(25-19)15-6-4-3-5-7-15/h3-11H,12H2,1-2H3,(H,24,27)/p+1/t19-/m0/s1. The van der Waals surface area contributed by atoms with E-state index in [0.29, 0.717) is 16.9 Å². The summed E-state index contributed by atoms with van der Waals surface area (Å²) in [5, 5.41) is 1.77. The number of nitrogens with zero attached hydrogens (tertiary/aromatic N) is 1. The van der Waals surface area contributed by atoms with E-state index >= 15 is 0 Å². The van der Waals surface area contributed by atoms with Gasteiger partial charge in [0.2, 0.25) is 5.91 Å². The molecule has 0 fully saturated rings. The molecule has 2 aromatic rings. The second-order valence-electron chi connectivity index (χ2n) is 6.51. The van der Waals surface area contributed by atoms with E-state index in [9.17, 15) is 22.8 Å². The third-order valence-electron chi connectivity index (χ3n) is 4.48. The van der Waals surface area contributed by atoms with Crippen molar-refractivity contribution < 1.29 is 32.5 Å². The minimum atomic E-state index is -5.07. The average molecular weight is 406 g/mol. The van der Waals surface area contributed by atoms with E-state index in [-0.39, 0.29) is 12.4 Å². The maximum Gasteiger partial charge on any atom is 0.465 e. The van der Waals surface area contributed by atoms with E-state index in [0.717, 1.165) is 11.8 Å². The van der Waals surface area contributed by atoms with Gasteiger partial charge >= 0.3 is 17.7 Å². The fourth-order valence-corrected chi connectivity index (χ4v) is 3.10. The molecule has 9 heteroatoms. The van der Waals surface area contributed by atoms with E-state index in [1.807, 2.05) is 0 Å². The average Bonchev–Trinajstić information content (AvgIpc) is 2.96. The molecule has 0 spiro atoms. The van der Waals surface area contributed by atoms with Crippen LogP contribution in [-0.4, -0.2) is 41.5 Å². The number of rotatable bonds is 5. The molecular weight excluding hydrogens is 387 g/mol. The van der Waals surface area contributed by atoms with Crippen LogP contribution in [0.5, 0.6) is 5.75 Å². The van der Waals surface area contributed by atoms with Gasteiger partial charge in [0.05, 0.1) is 12.7 Å². The third kappa shape index (κ3) is 3.80. The number of benzene rings is 2. The molecule has 2 amide bonds. The lowest BCUT2D eigenvalue weighted by Gasteiger charge is -2.24. The van der Waals surface area contributed by atoms with Gasteiger partial charge in [0.1, 0.15) is 12.3 Å². The summed E-state index contributed by atoms with van der Waals surface area (Å²) in [6.45, 7) is 0.800. The quantitative estimate of drug-likeness (QED) is 0.777. The van der Waals surface area contributed by atoms with Crippen molar-refractivity contribution in [3.05, 3.63) is 65.7 Å². The monoisotopic (exact) mass is 406 g/mol. The van der Waals surface area contributed by atoms with Gasteiger partial charge in [-0.2, -0.15) is 18.1 Å². The number of nitrogens with one attached hydrogen (secondary N) is 2. The van der Waals surface area contributed by atoms with Gasteiger partial charge in [0.25, 0.3) is 5.84 Å². The molecule has 2 aromatic carbocycles. The molecule has 29 heavy (non-hydrogen) atoms. The van der Waals surface area contributed by atoms with Gasteiger partial charge in [0.15, 0.2) is 0 Å². The highest BCUT2D eigenvalue weighted by Crippen LogP contribution is 2.30. The zero-order valence-electron chi connectivity index (χ0n) is 15.7. The van der Waals surface area contributed by atoms with Crippen molar-refractivity contribution >= 4 is 17.6 Å². The summed E-state index contributed by atoms with van der Waals surface area (Å²) in [5.41, 5.74) is -2.27. The second kappa shape index (κ2) is 7.57. The van der Waals surface area contributed by atoms with Crippen LogP contribution in [0.3, 0.4) is 0 Å². The van der Waals surface area contributed by atoms with Crippen molar-refractivity contribution in [1.29, 1.82) is 0 Å². The van der Waals surface area contributed by atoms with Crippen LogP contribution in [0.1, 0.15) is 18.1 Å². The topological polar surface area (TPSA) is 72.6 Å². The third-order valence-corrected chi connectivity index (χ3v) is 4.48. The Hall–Kier alpha value is -3.36. The largest absolute Gasteiger partial charge is 0.497 e. The number of alkyl halides is 3. The molecule has 3 rings (SSSR count). The molecule has 1 aliphatic heterocycles. The molecule has 1 atom stereocenters. The van der Waals surface area contributed by atoms with E-state index in [1.165, 1.54) is 7.11 Å².